The predicted octanol–water partition coefficient (Wildman–Crippen LogP) is 1.12. The summed E-state index contributed by atoms with van der Waals surface area (Å²) in [5, 5.41) is 11.7. The lowest BCUT2D eigenvalue weighted by atomic mass is 10.1. The first-order valence-electron chi connectivity index (χ1n) is 7.59. The van der Waals surface area contributed by atoms with Gasteiger partial charge in [-0.2, -0.15) is 0 Å². The van der Waals surface area contributed by atoms with Gasteiger partial charge in [0.25, 0.3) is 0 Å². The molecule has 0 spiro atoms. The molecule has 1 fully saturated rings. The molecule has 0 unspecified atom stereocenters. The van der Waals surface area contributed by atoms with Crippen LogP contribution in [0.4, 0.5) is 11.5 Å². The van der Waals surface area contributed by atoms with Gasteiger partial charge in [-0.25, -0.2) is 0 Å². The summed E-state index contributed by atoms with van der Waals surface area (Å²) in [6, 6.07) is 9.67. The number of nitrogens with one attached hydrogen (secondary N) is 1. The second kappa shape index (κ2) is 7.26. The number of rotatable bonds is 5. The average molecular weight is 315 g/mol. The van der Waals surface area contributed by atoms with E-state index in [0.717, 1.165) is 43.1 Å². The number of aromatic nitrogens is 2. The summed E-state index contributed by atoms with van der Waals surface area (Å²) in [6.45, 7) is 3.85. The maximum absolute atomic E-state index is 6.03. The highest BCUT2D eigenvalue weighted by molar-refractivity contribution is 5.74. The molecule has 0 saturated carbocycles. The Morgan fingerprint density at radius 3 is 2.78 bits per heavy atom. The van der Waals surface area contributed by atoms with Gasteiger partial charge in [-0.05, 0) is 18.2 Å². The molecule has 0 bridgehead atoms. The van der Waals surface area contributed by atoms with Crippen molar-refractivity contribution in [2.45, 2.75) is 0 Å². The molecule has 23 heavy (non-hydrogen) atoms. The van der Waals surface area contributed by atoms with Crippen molar-refractivity contribution in [3.05, 3.63) is 30.3 Å². The van der Waals surface area contributed by atoms with Crippen LogP contribution in [0.3, 0.4) is 0 Å². The van der Waals surface area contributed by atoms with Gasteiger partial charge in [0.1, 0.15) is 5.75 Å². The quantitative estimate of drug-likeness (QED) is 0.800. The molecule has 0 radical (unpaired) electrons. The van der Waals surface area contributed by atoms with E-state index in [1.807, 2.05) is 30.3 Å². The van der Waals surface area contributed by atoms with Gasteiger partial charge in [-0.15, -0.1) is 10.2 Å². The van der Waals surface area contributed by atoms with Crippen molar-refractivity contribution in [3.63, 3.8) is 0 Å². The number of piperazine rings is 1. The molecule has 0 amide bonds. The maximum Gasteiger partial charge on any atom is 0.188 e. The van der Waals surface area contributed by atoms with E-state index in [4.69, 9.17) is 15.2 Å². The average Bonchev–Trinajstić information content (AvgIpc) is 2.61. The maximum atomic E-state index is 6.03. The molecule has 2 aromatic rings. The smallest absolute Gasteiger partial charge is 0.188 e. The third-order valence-electron chi connectivity index (χ3n) is 3.75. The number of benzene rings is 1. The highest BCUT2D eigenvalue weighted by Crippen LogP contribution is 2.32. The molecule has 0 aliphatic carbocycles. The molecule has 1 aromatic carbocycles. The summed E-state index contributed by atoms with van der Waals surface area (Å²) in [4.78, 5) is 2.22. The number of nitrogens with two attached hydrogens (primary N) is 1. The number of hydrogen-bond donors (Lipinski definition) is 2. The first-order chi connectivity index (χ1) is 11.3. The van der Waals surface area contributed by atoms with Crippen molar-refractivity contribution in [3.8, 4) is 17.0 Å². The molecule has 122 valence electrons. The van der Waals surface area contributed by atoms with Crippen LogP contribution in [0.2, 0.25) is 0 Å². The summed E-state index contributed by atoms with van der Waals surface area (Å²) in [6.07, 6.45) is 0. The fraction of sp³-hybridized carbons (Fsp3) is 0.375. The SMILES string of the molecule is COCOc1ccccc1-c1cc(N2CCNCC2)c(N)nn1. The molecule has 1 aromatic heterocycles. The fourth-order valence-corrected chi connectivity index (χ4v) is 2.61. The first kappa shape index (κ1) is 15.5. The minimum atomic E-state index is 0.185. The van der Waals surface area contributed by atoms with Gasteiger partial charge in [0.2, 0.25) is 0 Å². The molecule has 3 N–H and O–H groups in total. The Labute approximate surface area is 135 Å². The van der Waals surface area contributed by atoms with Crippen LogP contribution < -0.4 is 20.7 Å². The Morgan fingerprint density at radius 2 is 2.00 bits per heavy atom. The predicted molar refractivity (Wildman–Crippen MR) is 89.5 cm³/mol. The van der Waals surface area contributed by atoms with E-state index < -0.39 is 0 Å². The third-order valence-corrected chi connectivity index (χ3v) is 3.75. The standard InChI is InChI=1S/C16H21N5O2/c1-22-11-23-15-5-3-2-4-12(15)13-10-14(16(17)20-19-13)21-8-6-18-7-9-21/h2-5,10,18H,6-9,11H2,1H3,(H2,17,20). The van der Waals surface area contributed by atoms with Gasteiger partial charge < -0.3 is 25.4 Å². The van der Waals surface area contributed by atoms with Gasteiger partial charge >= 0.3 is 0 Å². The minimum Gasteiger partial charge on any atom is -0.467 e. The molecule has 1 aliphatic rings. The third kappa shape index (κ3) is 3.52. The van der Waals surface area contributed by atoms with Crippen molar-refractivity contribution < 1.29 is 9.47 Å². The van der Waals surface area contributed by atoms with Crippen LogP contribution in [0.25, 0.3) is 11.3 Å². The van der Waals surface area contributed by atoms with Gasteiger partial charge in [-0.1, -0.05) is 12.1 Å². The lowest BCUT2D eigenvalue weighted by Gasteiger charge is -2.30. The van der Waals surface area contributed by atoms with Crippen molar-refractivity contribution in [1.29, 1.82) is 0 Å². The van der Waals surface area contributed by atoms with E-state index in [9.17, 15) is 0 Å². The molecule has 1 saturated heterocycles. The molecular formula is C16H21N5O2. The fourth-order valence-electron chi connectivity index (χ4n) is 2.61. The Balaban J connectivity index is 1.94. The minimum absolute atomic E-state index is 0.185. The van der Waals surface area contributed by atoms with E-state index in [1.54, 1.807) is 7.11 Å². The van der Waals surface area contributed by atoms with E-state index in [-0.39, 0.29) is 6.79 Å². The van der Waals surface area contributed by atoms with Gasteiger partial charge in [-0.3, -0.25) is 0 Å². The lowest BCUT2D eigenvalue weighted by molar-refractivity contribution is 0.0515. The number of methoxy groups -OCH3 is 1. The van der Waals surface area contributed by atoms with E-state index in [0.29, 0.717) is 11.6 Å². The molecule has 1 aliphatic heterocycles. The van der Waals surface area contributed by atoms with Crippen LogP contribution in [0.15, 0.2) is 30.3 Å². The highest BCUT2D eigenvalue weighted by atomic mass is 16.7. The van der Waals surface area contributed by atoms with Crippen molar-refractivity contribution >= 4 is 11.5 Å². The number of hydrogen-bond acceptors (Lipinski definition) is 7. The summed E-state index contributed by atoms with van der Waals surface area (Å²) in [5.74, 6) is 1.16. The van der Waals surface area contributed by atoms with Crippen LogP contribution in [-0.4, -0.2) is 50.3 Å². The topological polar surface area (TPSA) is 85.5 Å². The summed E-state index contributed by atoms with van der Waals surface area (Å²) in [5.41, 5.74) is 8.55. The zero-order valence-corrected chi connectivity index (χ0v) is 13.2. The first-order valence-corrected chi connectivity index (χ1v) is 7.59. The van der Waals surface area contributed by atoms with Gasteiger partial charge in [0.15, 0.2) is 12.6 Å². The normalized spacial score (nSPS) is 14.7. The lowest BCUT2D eigenvalue weighted by Crippen LogP contribution is -2.43. The summed E-state index contributed by atoms with van der Waals surface area (Å²) >= 11 is 0. The number of nitrogen functional groups attached to an aromatic ring is 1. The van der Waals surface area contributed by atoms with Crippen molar-refractivity contribution in [2.75, 3.05) is 50.7 Å². The largest absolute Gasteiger partial charge is 0.467 e. The second-order valence-electron chi connectivity index (χ2n) is 5.28. The Bertz CT molecular complexity index is 659. The van der Waals surface area contributed by atoms with Gasteiger partial charge in [0, 0.05) is 38.9 Å². The van der Waals surface area contributed by atoms with Crippen LogP contribution in [0, 0.1) is 0 Å². The van der Waals surface area contributed by atoms with E-state index >= 15 is 0 Å². The van der Waals surface area contributed by atoms with Crippen molar-refractivity contribution in [2.24, 2.45) is 0 Å². The Morgan fingerprint density at radius 1 is 1.22 bits per heavy atom. The van der Waals surface area contributed by atoms with E-state index in [1.165, 1.54) is 0 Å². The highest BCUT2D eigenvalue weighted by Gasteiger charge is 2.17. The Hall–Kier alpha value is -2.38. The van der Waals surface area contributed by atoms with Gasteiger partial charge in [0.05, 0.1) is 11.4 Å². The van der Waals surface area contributed by atoms with Crippen LogP contribution in [0.5, 0.6) is 5.75 Å². The zero-order valence-electron chi connectivity index (χ0n) is 13.2. The van der Waals surface area contributed by atoms with E-state index in [2.05, 4.69) is 20.4 Å². The second-order valence-corrected chi connectivity index (χ2v) is 5.28. The monoisotopic (exact) mass is 315 g/mol. The van der Waals surface area contributed by atoms with Crippen molar-refractivity contribution in [1.82, 2.24) is 15.5 Å². The molecule has 0 atom stereocenters. The van der Waals surface area contributed by atoms with Crippen LogP contribution >= 0.6 is 0 Å². The Kier molecular flexibility index (Phi) is 4.89. The number of ether oxygens (including phenoxy) is 2. The molecule has 2 heterocycles. The van der Waals surface area contributed by atoms with Crippen LogP contribution in [0.1, 0.15) is 0 Å². The zero-order chi connectivity index (χ0) is 16.1. The summed E-state index contributed by atoms with van der Waals surface area (Å²) in [7, 11) is 1.59. The summed E-state index contributed by atoms with van der Waals surface area (Å²) < 4.78 is 10.6. The molecule has 7 heteroatoms. The number of para-hydroxylation sites is 1. The number of nitrogens with zero attached hydrogens (tertiary/aromatic N) is 3. The van der Waals surface area contributed by atoms with Crippen LogP contribution in [-0.2, 0) is 4.74 Å². The number of anilines is 2. The molecule has 3 rings (SSSR count). The molecule has 7 nitrogen and oxygen atoms in total. The molecular weight excluding hydrogens is 294 g/mol.